The second-order valence-electron chi connectivity index (χ2n) is 5.57. The monoisotopic (exact) mass is 315 g/mol. The van der Waals surface area contributed by atoms with Gasteiger partial charge in [-0.05, 0) is 24.5 Å². The Balaban J connectivity index is 1.91. The van der Waals surface area contributed by atoms with Crippen LogP contribution in [-0.2, 0) is 6.42 Å². The summed E-state index contributed by atoms with van der Waals surface area (Å²) in [5, 5.41) is 3.38. The fourth-order valence-electron chi connectivity index (χ4n) is 2.68. The first-order valence-corrected chi connectivity index (χ1v) is 7.51. The van der Waals surface area contributed by atoms with E-state index in [1.54, 1.807) is 0 Å². The summed E-state index contributed by atoms with van der Waals surface area (Å²) in [5.41, 5.74) is 7.89. The second-order valence-corrected chi connectivity index (χ2v) is 5.97. The molecular formula is C15H14ClN5O. The molecular weight excluding hydrogens is 302 g/mol. The van der Waals surface area contributed by atoms with Crippen LogP contribution in [0.4, 0.5) is 5.95 Å². The van der Waals surface area contributed by atoms with Gasteiger partial charge in [-0.1, -0.05) is 29.8 Å². The van der Waals surface area contributed by atoms with E-state index < -0.39 is 0 Å². The molecule has 0 aliphatic heterocycles. The highest BCUT2D eigenvalue weighted by Crippen LogP contribution is 2.40. The molecule has 0 unspecified atom stereocenters. The van der Waals surface area contributed by atoms with Gasteiger partial charge in [0.05, 0.1) is 5.69 Å². The number of benzene rings is 1. The lowest BCUT2D eigenvalue weighted by molar-refractivity contribution is 0.839. The van der Waals surface area contributed by atoms with Crippen LogP contribution in [0.25, 0.3) is 5.78 Å². The van der Waals surface area contributed by atoms with Crippen LogP contribution in [0, 0.1) is 0 Å². The number of fused-ring (bicyclic) bond motifs is 1. The largest absolute Gasteiger partial charge is 0.368 e. The van der Waals surface area contributed by atoms with Gasteiger partial charge in [-0.2, -0.15) is 9.50 Å². The Kier molecular flexibility index (Phi) is 2.94. The van der Waals surface area contributed by atoms with Crippen LogP contribution >= 0.6 is 11.6 Å². The predicted octanol–water partition coefficient (Wildman–Crippen LogP) is 2.12. The maximum atomic E-state index is 12.8. The Labute approximate surface area is 130 Å². The zero-order valence-corrected chi connectivity index (χ0v) is 12.5. The van der Waals surface area contributed by atoms with Crippen LogP contribution in [0.2, 0.25) is 5.02 Å². The standard InChI is InChI=1S/C15H14ClN5O/c16-11-4-2-1-3-9(11)7-10-12(8-5-6-8)18-15-19-14(17)20-21(15)13(10)22/h1-4,8H,5-7H2,(H3,17,18,19,20). The molecule has 3 N–H and O–H groups in total. The lowest BCUT2D eigenvalue weighted by Crippen LogP contribution is -2.23. The zero-order valence-electron chi connectivity index (χ0n) is 11.7. The summed E-state index contributed by atoms with van der Waals surface area (Å²) >= 11 is 6.23. The van der Waals surface area contributed by atoms with Gasteiger partial charge >= 0.3 is 0 Å². The molecule has 0 saturated heterocycles. The number of rotatable bonds is 3. The van der Waals surface area contributed by atoms with Crippen LogP contribution in [0.15, 0.2) is 29.1 Å². The Bertz CT molecular complexity index is 925. The molecule has 22 heavy (non-hydrogen) atoms. The molecule has 1 aliphatic rings. The number of H-pyrrole nitrogens is 1. The number of halogens is 1. The van der Waals surface area contributed by atoms with E-state index in [-0.39, 0.29) is 11.5 Å². The molecule has 7 heteroatoms. The highest BCUT2D eigenvalue weighted by molar-refractivity contribution is 6.31. The van der Waals surface area contributed by atoms with E-state index in [1.807, 2.05) is 24.3 Å². The number of nitrogens with one attached hydrogen (secondary N) is 1. The van der Waals surface area contributed by atoms with Gasteiger partial charge in [0.25, 0.3) is 11.3 Å². The molecule has 2 aromatic heterocycles. The van der Waals surface area contributed by atoms with Gasteiger partial charge in [0.2, 0.25) is 5.95 Å². The first-order chi connectivity index (χ1) is 10.6. The van der Waals surface area contributed by atoms with Crippen molar-refractivity contribution in [2.75, 3.05) is 5.73 Å². The Morgan fingerprint density at radius 1 is 1.32 bits per heavy atom. The lowest BCUT2D eigenvalue weighted by Gasteiger charge is -2.08. The number of aromatic nitrogens is 4. The molecule has 0 amide bonds. The molecule has 112 valence electrons. The summed E-state index contributed by atoms with van der Waals surface area (Å²) in [6, 6.07) is 7.54. The van der Waals surface area contributed by atoms with E-state index in [2.05, 4.69) is 15.1 Å². The summed E-state index contributed by atoms with van der Waals surface area (Å²) in [7, 11) is 0. The van der Waals surface area contributed by atoms with Crippen molar-refractivity contribution in [2.45, 2.75) is 25.2 Å². The molecule has 3 aromatic rings. The maximum Gasteiger partial charge on any atom is 0.277 e. The molecule has 1 saturated carbocycles. The second kappa shape index (κ2) is 4.84. The number of hydrogen-bond donors (Lipinski definition) is 2. The van der Waals surface area contributed by atoms with E-state index in [0.717, 1.165) is 24.1 Å². The Morgan fingerprint density at radius 2 is 2.09 bits per heavy atom. The number of nitrogen functional groups attached to an aromatic ring is 1. The number of nitrogens with two attached hydrogens (primary N) is 1. The SMILES string of the molecule is Nc1nc2nc(C3CC3)c(Cc3ccccc3Cl)c(=O)n2[nH]1. The minimum Gasteiger partial charge on any atom is -0.368 e. The molecule has 1 aromatic carbocycles. The normalized spacial score (nSPS) is 14.6. The number of aromatic amines is 1. The summed E-state index contributed by atoms with van der Waals surface area (Å²) < 4.78 is 1.30. The van der Waals surface area contributed by atoms with Gasteiger partial charge in [-0.15, -0.1) is 0 Å². The third-order valence-corrected chi connectivity index (χ3v) is 4.30. The highest BCUT2D eigenvalue weighted by Gasteiger charge is 2.30. The summed E-state index contributed by atoms with van der Waals surface area (Å²) in [4.78, 5) is 21.4. The maximum absolute atomic E-state index is 12.8. The molecule has 1 fully saturated rings. The summed E-state index contributed by atoms with van der Waals surface area (Å²) in [6.45, 7) is 0. The van der Waals surface area contributed by atoms with Gasteiger partial charge in [-0.3, -0.25) is 9.89 Å². The quantitative estimate of drug-likeness (QED) is 0.774. The van der Waals surface area contributed by atoms with E-state index in [9.17, 15) is 4.79 Å². The van der Waals surface area contributed by atoms with Crippen molar-refractivity contribution in [3.63, 3.8) is 0 Å². The van der Waals surface area contributed by atoms with Gasteiger partial charge in [-0.25, -0.2) is 4.98 Å². The van der Waals surface area contributed by atoms with Crippen molar-refractivity contribution in [2.24, 2.45) is 0 Å². The number of anilines is 1. The zero-order chi connectivity index (χ0) is 15.3. The van der Waals surface area contributed by atoms with Crippen molar-refractivity contribution in [3.05, 3.63) is 56.5 Å². The lowest BCUT2D eigenvalue weighted by atomic mass is 10.0. The van der Waals surface area contributed by atoms with E-state index in [4.69, 9.17) is 17.3 Å². The van der Waals surface area contributed by atoms with Crippen molar-refractivity contribution in [3.8, 4) is 0 Å². The average molecular weight is 316 g/mol. The van der Waals surface area contributed by atoms with Crippen LogP contribution in [0.3, 0.4) is 0 Å². The summed E-state index contributed by atoms with van der Waals surface area (Å²) in [5.74, 6) is 0.849. The van der Waals surface area contributed by atoms with Crippen molar-refractivity contribution in [1.82, 2.24) is 19.6 Å². The van der Waals surface area contributed by atoms with Gasteiger partial charge in [0, 0.05) is 22.9 Å². The fraction of sp³-hybridized carbons (Fsp3) is 0.267. The smallest absolute Gasteiger partial charge is 0.277 e. The van der Waals surface area contributed by atoms with E-state index >= 15 is 0 Å². The molecule has 4 rings (SSSR count). The van der Waals surface area contributed by atoms with Crippen LogP contribution in [0.5, 0.6) is 0 Å². The molecule has 6 nitrogen and oxygen atoms in total. The van der Waals surface area contributed by atoms with Crippen LogP contribution < -0.4 is 11.3 Å². The topological polar surface area (TPSA) is 89.1 Å². The van der Waals surface area contributed by atoms with Gasteiger partial charge < -0.3 is 5.73 Å². The average Bonchev–Trinajstić information content (AvgIpc) is 3.26. The highest BCUT2D eigenvalue weighted by atomic mass is 35.5. The predicted molar refractivity (Wildman–Crippen MR) is 84.3 cm³/mol. The molecule has 0 bridgehead atoms. The first kappa shape index (κ1) is 13.3. The van der Waals surface area contributed by atoms with Crippen LogP contribution in [-0.4, -0.2) is 19.6 Å². The first-order valence-electron chi connectivity index (χ1n) is 7.14. The third kappa shape index (κ3) is 2.16. The Morgan fingerprint density at radius 3 is 2.82 bits per heavy atom. The number of hydrogen-bond acceptors (Lipinski definition) is 4. The van der Waals surface area contributed by atoms with Crippen molar-refractivity contribution >= 4 is 23.3 Å². The Hall–Kier alpha value is -2.34. The minimum absolute atomic E-state index is 0.156. The molecule has 1 aliphatic carbocycles. The number of nitrogens with zero attached hydrogens (tertiary/aromatic N) is 3. The van der Waals surface area contributed by atoms with E-state index in [0.29, 0.717) is 28.7 Å². The molecule has 2 heterocycles. The third-order valence-electron chi connectivity index (χ3n) is 3.93. The molecule has 0 spiro atoms. The van der Waals surface area contributed by atoms with Crippen molar-refractivity contribution in [1.29, 1.82) is 0 Å². The molecule has 0 atom stereocenters. The van der Waals surface area contributed by atoms with Crippen LogP contribution in [0.1, 0.15) is 35.6 Å². The molecule has 0 radical (unpaired) electrons. The van der Waals surface area contributed by atoms with Gasteiger partial charge in [0.1, 0.15) is 0 Å². The van der Waals surface area contributed by atoms with Crippen molar-refractivity contribution < 1.29 is 0 Å². The minimum atomic E-state index is -0.156. The van der Waals surface area contributed by atoms with Gasteiger partial charge in [0.15, 0.2) is 0 Å². The summed E-state index contributed by atoms with van der Waals surface area (Å²) in [6.07, 6.45) is 2.56. The van der Waals surface area contributed by atoms with E-state index in [1.165, 1.54) is 4.52 Å². The fourth-order valence-corrected chi connectivity index (χ4v) is 2.88.